The lowest BCUT2D eigenvalue weighted by Crippen LogP contribution is -2.43. The zero-order chi connectivity index (χ0) is 14.8. The highest BCUT2D eigenvalue weighted by Crippen LogP contribution is 2.27. The van der Waals surface area contributed by atoms with Crippen molar-refractivity contribution in [1.29, 1.82) is 0 Å². The Morgan fingerprint density at radius 3 is 2.70 bits per heavy atom. The number of amides is 1. The van der Waals surface area contributed by atoms with Gasteiger partial charge in [-0.1, -0.05) is 54.9 Å². The van der Waals surface area contributed by atoms with Crippen molar-refractivity contribution in [2.75, 3.05) is 5.33 Å². The second-order valence-electron chi connectivity index (χ2n) is 6.02. The van der Waals surface area contributed by atoms with E-state index in [1.54, 1.807) is 11.3 Å². The predicted octanol–water partition coefficient (Wildman–Crippen LogP) is 4.83. The lowest BCUT2D eigenvalue weighted by atomic mass is 9.85. The minimum absolute atomic E-state index is 0.0309. The van der Waals surface area contributed by atoms with Crippen molar-refractivity contribution >= 4 is 43.3 Å². The maximum absolute atomic E-state index is 12.5. The zero-order valence-electron chi connectivity index (χ0n) is 12.1. The summed E-state index contributed by atoms with van der Waals surface area (Å²) in [5.74, 6) is 0.0309. The van der Waals surface area contributed by atoms with Crippen molar-refractivity contribution in [2.45, 2.75) is 33.2 Å². The van der Waals surface area contributed by atoms with E-state index in [1.807, 2.05) is 23.6 Å². The molecule has 1 aromatic carbocycles. The number of hydrogen-bond donors (Lipinski definition) is 1. The van der Waals surface area contributed by atoms with Gasteiger partial charge in [-0.05, 0) is 17.9 Å². The summed E-state index contributed by atoms with van der Waals surface area (Å²) in [7, 11) is 0. The molecular weight excluding hydrogens is 334 g/mol. The first kappa shape index (κ1) is 15.5. The van der Waals surface area contributed by atoms with Gasteiger partial charge in [-0.25, -0.2) is 0 Å². The lowest BCUT2D eigenvalue weighted by molar-refractivity contribution is 0.0903. The van der Waals surface area contributed by atoms with Crippen molar-refractivity contribution < 1.29 is 4.79 Å². The fraction of sp³-hybridized carbons (Fsp3) is 0.438. The van der Waals surface area contributed by atoms with E-state index in [1.165, 1.54) is 0 Å². The standard InChI is InChI=1S/C16H20BrNOS/c1-16(2,3)14(8-9-17)18-15(19)12-10-20-13-7-5-4-6-11(12)13/h4-7,10,14H,8-9H2,1-3H3,(H,18,19). The van der Waals surface area contributed by atoms with Crippen LogP contribution in [0, 0.1) is 5.41 Å². The summed E-state index contributed by atoms with van der Waals surface area (Å²) >= 11 is 5.09. The van der Waals surface area contributed by atoms with Crippen LogP contribution >= 0.6 is 27.3 Å². The molecule has 1 N–H and O–H groups in total. The molecule has 0 saturated heterocycles. The van der Waals surface area contributed by atoms with E-state index in [9.17, 15) is 4.79 Å². The highest BCUT2D eigenvalue weighted by molar-refractivity contribution is 9.09. The van der Waals surface area contributed by atoms with Crippen molar-refractivity contribution in [3.05, 3.63) is 35.2 Å². The molecule has 0 radical (unpaired) electrons. The number of carbonyl (C=O) groups is 1. The predicted molar refractivity (Wildman–Crippen MR) is 90.9 cm³/mol. The smallest absolute Gasteiger partial charge is 0.252 e. The summed E-state index contributed by atoms with van der Waals surface area (Å²) in [6.45, 7) is 6.48. The third-order valence-electron chi connectivity index (χ3n) is 3.47. The van der Waals surface area contributed by atoms with Crippen molar-refractivity contribution in [1.82, 2.24) is 5.32 Å². The molecule has 4 heteroatoms. The molecular formula is C16H20BrNOS. The van der Waals surface area contributed by atoms with Crippen molar-refractivity contribution in [2.24, 2.45) is 5.41 Å². The molecule has 0 aliphatic heterocycles. The summed E-state index contributed by atoms with van der Waals surface area (Å²) in [6, 6.07) is 8.20. The topological polar surface area (TPSA) is 29.1 Å². The van der Waals surface area contributed by atoms with E-state index in [4.69, 9.17) is 0 Å². The number of alkyl halides is 1. The van der Waals surface area contributed by atoms with Gasteiger partial charge in [0.1, 0.15) is 0 Å². The molecule has 108 valence electrons. The van der Waals surface area contributed by atoms with Crippen molar-refractivity contribution in [3.63, 3.8) is 0 Å². The zero-order valence-corrected chi connectivity index (χ0v) is 14.5. The SMILES string of the molecule is CC(C)(C)C(CCBr)NC(=O)c1csc2ccccc12. The van der Waals surface area contributed by atoms with Gasteiger partial charge >= 0.3 is 0 Å². The summed E-state index contributed by atoms with van der Waals surface area (Å²) in [6.07, 6.45) is 0.928. The van der Waals surface area contributed by atoms with E-state index < -0.39 is 0 Å². The van der Waals surface area contributed by atoms with Gasteiger partial charge in [0.25, 0.3) is 5.91 Å². The molecule has 0 bridgehead atoms. The average molecular weight is 354 g/mol. The van der Waals surface area contributed by atoms with Gasteiger partial charge in [0.05, 0.1) is 5.56 Å². The van der Waals surface area contributed by atoms with Gasteiger partial charge in [-0.15, -0.1) is 11.3 Å². The van der Waals surface area contributed by atoms with E-state index in [-0.39, 0.29) is 17.4 Å². The molecule has 0 spiro atoms. The molecule has 2 nitrogen and oxygen atoms in total. The highest BCUT2D eigenvalue weighted by atomic mass is 79.9. The van der Waals surface area contributed by atoms with Gasteiger partial charge in [0, 0.05) is 26.8 Å². The van der Waals surface area contributed by atoms with E-state index in [2.05, 4.69) is 48.1 Å². The highest BCUT2D eigenvalue weighted by Gasteiger charge is 2.26. The molecule has 0 aliphatic rings. The van der Waals surface area contributed by atoms with Crippen LogP contribution in [0.5, 0.6) is 0 Å². The van der Waals surface area contributed by atoms with Crippen LogP contribution in [0.4, 0.5) is 0 Å². The maximum atomic E-state index is 12.5. The molecule has 1 aromatic heterocycles. The van der Waals surface area contributed by atoms with E-state index in [0.29, 0.717) is 0 Å². The first-order chi connectivity index (χ1) is 9.43. The first-order valence-electron chi connectivity index (χ1n) is 6.76. The summed E-state index contributed by atoms with van der Waals surface area (Å²) in [4.78, 5) is 12.5. The second kappa shape index (κ2) is 6.27. The van der Waals surface area contributed by atoms with E-state index in [0.717, 1.165) is 27.4 Å². The minimum atomic E-state index is 0.0309. The molecule has 2 aromatic rings. The van der Waals surface area contributed by atoms with Crippen LogP contribution in [0.15, 0.2) is 29.6 Å². The molecule has 0 saturated carbocycles. The monoisotopic (exact) mass is 353 g/mol. The van der Waals surface area contributed by atoms with Crippen LogP contribution in [-0.4, -0.2) is 17.3 Å². The fourth-order valence-corrected chi connectivity index (χ4v) is 3.62. The fourth-order valence-electron chi connectivity index (χ4n) is 2.22. The number of nitrogens with one attached hydrogen (secondary N) is 1. The molecule has 2 rings (SSSR count). The maximum Gasteiger partial charge on any atom is 0.252 e. The van der Waals surface area contributed by atoms with Gasteiger partial charge < -0.3 is 5.32 Å². The third-order valence-corrected chi connectivity index (χ3v) is 4.90. The quantitative estimate of drug-likeness (QED) is 0.783. The number of benzene rings is 1. The van der Waals surface area contributed by atoms with Crippen molar-refractivity contribution in [3.8, 4) is 0 Å². The van der Waals surface area contributed by atoms with Crippen LogP contribution in [0.25, 0.3) is 10.1 Å². The molecule has 1 heterocycles. The average Bonchev–Trinajstić information content (AvgIpc) is 2.81. The number of carbonyl (C=O) groups excluding carboxylic acids is 1. The van der Waals surface area contributed by atoms with Crippen LogP contribution in [-0.2, 0) is 0 Å². The number of halogens is 1. The Kier molecular flexibility index (Phi) is 4.86. The number of hydrogen-bond acceptors (Lipinski definition) is 2. The van der Waals surface area contributed by atoms with Gasteiger partial charge in [-0.3, -0.25) is 4.79 Å². The molecule has 0 aliphatic carbocycles. The molecule has 1 unspecified atom stereocenters. The van der Waals surface area contributed by atoms with Crippen LogP contribution in [0.1, 0.15) is 37.6 Å². The molecule has 20 heavy (non-hydrogen) atoms. The first-order valence-corrected chi connectivity index (χ1v) is 8.76. The minimum Gasteiger partial charge on any atom is -0.349 e. The normalized spacial score (nSPS) is 13.4. The Bertz CT molecular complexity index is 600. The Hall–Kier alpha value is -0.870. The Morgan fingerprint density at radius 2 is 2.05 bits per heavy atom. The number of rotatable bonds is 4. The molecule has 0 fully saturated rings. The molecule has 1 amide bonds. The largest absolute Gasteiger partial charge is 0.349 e. The second-order valence-corrected chi connectivity index (χ2v) is 7.72. The number of thiophene rings is 1. The lowest BCUT2D eigenvalue weighted by Gasteiger charge is -2.31. The Labute approximate surface area is 132 Å². The summed E-state index contributed by atoms with van der Waals surface area (Å²) < 4.78 is 1.16. The Morgan fingerprint density at radius 1 is 1.35 bits per heavy atom. The third kappa shape index (κ3) is 3.41. The summed E-state index contributed by atoms with van der Waals surface area (Å²) in [5, 5.41) is 7.07. The van der Waals surface area contributed by atoms with E-state index >= 15 is 0 Å². The van der Waals surface area contributed by atoms with Gasteiger partial charge in [-0.2, -0.15) is 0 Å². The number of fused-ring (bicyclic) bond motifs is 1. The van der Waals surface area contributed by atoms with Crippen LogP contribution < -0.4 is 5.32 Å². The van der Waals surface area contributed by atoms with Gasteiger partial charge in [0.15, 0.2) is 0 Å². The van der Waals surface area contributed by atoms with Crippen LogP contribution in [0.2, 0.25) is 0 Å². The van der Waals surface area contributed by atoms with Crippen LogP contribution in [0.3, 0.4) is 0 Å². The molecule has 1 atom stereocenters. The Balaban J connectivity index is 2.23. The summed E-state index contributed by atoms with van der Waals surface area (Å²) in [5.41, 5.74) is 0.837. The van der Waals surface area contributed by atoms with Gasteiger partial charge in [0.2, 0.25) is 0 Å².